The van der Waals surface area contributed by atoms with E-state index in [4.69, 9.17) is 4.74 Å². The molecule has 1 aliphatic rings. The maximum atomic E-state index is 11.8. The third-order valence-corrected chi connectivity index (χ3v) is 6.07. The van der Waals surface area contributed by atoms with Gasteiger partial charge in [-0.3, -0.25) is 9.79 Å². The van der Waals surface area contributed by atoms with Crippen molar-refractivity contribution in [1.82, 2.24) is 25.0 Å². The molecular weight excluding hydrogens is 416 g/mol. The standard InChI is InChI=1S/C25H30N6O2/c1-26-25(30-13-11-21(12-14-30)24(32)33-2)28-15-22-5-3-4-6-23(22)20-9-7-19(8-10-20)16-31-18-27-17-29-31/h3-10,17-18,21H,11-16H2,1-2H3,(H,26,28). The van der Waals surface area contributed by atoms with Crippen LogP contribution in [0.4, 0.5) is 0 Å². The summed E-state index contributed by atoms with van der Waals surface area (Å²) in [6.45, 7) is 2.94. The van der Waals surface area contributed by atoms with Crippen molar-refractivity contribution < 1.29 is 9.53 Å². The highest BCUT2D eigenvalue weighted by Gasteiger charge is 2.27. The van der Waals surface area contributed by atoms with Crippen LogP contribution in [0, 0.1) is 5.92 Å². The summed E-state index contributed by atoms with van der Waals surface area (Å²) in [5.41, 5.74) is 4.74. The number of benzene rings is 2. The minimum atomic E-state index is -0.112. The second-order valence-corrected chi connectivity index (χ2v) is 8.13. The summed E-state index contributed by atoms with van der Waals surface area (Å²) in [5.74, 6) is 0.729. The number of likely N-dealkylation sites (tertiary alicyclic amines) is 1. The Morgan fingerprint density at radius 1 is 1.15 bits per heavy atom. The summed E-state index contributed by atoms with van der Waals surface area (Å²) in [4.78, 5) is 22.5. The Hall–Kier alpha value is -3.68. The molecule has 1 N–H and O–H groups in total. The monoisotopic (exact) mass is 446 g/mol. The number of carbonyl (C=O) groups excluding carboxylic acids is 1. The summed E-state index contributed by atoms with van der Waals surface area (Å²) in [6, 6.07) is 17.0. The minimum Gasteiger partial charge on any atom is -0.469 e. The van der Waals surface area contributed by atoms with E-state index in [0.717, 1.165) is 31.9 Å². The highest BCUT2D eigenvalue weighted by molar-refractivity contribution is 5.81. The molecule has 4 rings (SSSR count). The van der Waals surface area contributed by atoms with Gasteiger partial charge >= 0.3 is 5.97 Å². The van der Waals surface area contributed by atoms with Crippen LogP contribution < -0.4 is 5.32 Å². The number of nitrogens with one attached hydrogen (secondary N) is 1. The molecule has 2 heterocycles. The zero-order chi connectivity index (χ0) is 23.0. The number of esters is 1. The maximum absolute atomic E-state index is 11.8. The van der Waals surface area contributed by atoms with E-state index in [1.54, 1.807) is 19.7 Å². The van der Waals surface area contributed by atoms with Gasteiger partial charge in [-0.2, -0.15) is 5.10 Å². The summed E-state index contributed by atoms with van der Waals surface area (Å²) in [6.07, 6.45) is 4.84. The van der Waals surface area contributed by atoms with Gasteiger partial charge < -0.3 is 15.0 Å². The van der Waals surface area contributed by atoms with Crippen molar-refractivity contribution in [2.45, 2.75) is 25.9 Å². The van der Waals surface area contributed by atoms with Gasteiger partial charge in [0.05, 0.1) is 19.6 Å². The Balaban J connectivity index is 1.40. The molecule has 2 aromatic carbocycles. The average Bonchev–Trinajstić information content (AvgIpc) is 3.38. The normalized spacial score (nSPS) is 14.8. The molecule has 8 heteroatoms. The summed E-state index contributed by atoms with van der Waals surface area (Å²) < 4.78 is 6.71. The average molecular weight is 447 g/mol. The van der Waals surface area contributed by atoms with E-state index in [-0.39, 0.29) is 11.9 Å². The molecule has 0 amide bonds. The van der Waals surface area contributed by atoms with Gasteiger partial charge in [0.25, 0.3) is 0 Å². The van der Waals surface area contributed by atoms with Gasteiger partial charge in [-0.1, -0.05) is 48.5 Å². The molecule has 0 bridgehead atoms. The molecule has 1 aromatic heterocycles. The number of piperidine rings is 1. The largest absolute Gasteiger partial charge is 0.469 e. The molecule has 33 heavy (non-hydrogen) atoms. The van der Waals surface area contributed by atoms with Crippen LogP contribution in [0.1, 0.15) is 24.0 Å². The molecule has 0 atom stereocenters. The third kappa shape index (κ3) is 5.58. The van der Waals surface area contributed by atoms with Crippen LogP contribution in [0.5, 0.6) is 0 Å². The van der Waals surface area contributed by atoms with Crippen molar-refractivity contribution in [3.63, 3.8) is 0 Å². The van der Waals surface area contributed by atoms with E-state index in [1.165, 1.54) is 29.4 Å². The van der Waals surface area contributed by atoms with Crippen LogP contribution in [0.2, 0.25) is 0 Å². The fourth-order valence-electron chi connectivity index (χ4n) is 4.25. The van der Waals surface area contributed by atoms with Crippen LogP contribution >= 0.6 is 0 Å². The SMILES string of the molecule is CN=C(NCc1ccccc1-c1ccc(Cn2cncn2)cc1)N1CCC(C(=O)OC)CC1. The molecule has 8 nitrogen and oxygen atoms in total. The Bertz CT molecular complexity index is 1070. The second kappa shape index (κ2) is 10.8. The number of aliphatic imine (C=N–C) groups is 1. The number of aromatic nitrogens is 3. The first-order valence-corrected chi connectivity index (χ1v) is 11.2. The lowest BCUT2D eigenvalue weighted by molar-refractivity contribution is -0.146. The molecule has 172 valence electrons. The van der Waals surface area contributed by atoms with E-state index in [0.29, 0.717) is 13.1 Å². The van der Waals surface area contributed by atoms with Crippen molar-refractivity contribution in [1.29, 1.82) is 0 Å². The lowest BCUT2D eigenvalue weighted by atomic mass is 9.97. The number of guanidine groups is 1. The Morgan fingerprint density at radius 3 is 2.58 bits per heavy atom. The van der Waals surface area contributed by atoms with E-state index in [2.05, 4.69) is 73.8 Å². The predicted molar refractivity (Wildman–Crippen MR) is 128 cm³/mol. The number of rotatable bonds is 6. The molecule has 1 saturated heterocycles. The number of hydrogen-bond donors (Lipinski definition) is 1. The van der Waals surface area contributed by atoms with Gasteiger partial charge in [-0.15, -0.1) is 0 Å². The molecule has 0 aliphatic carbocycles. The third-order valence-electron chi connectivity index (χ3n) is 6.07. The lowest BCUT2D eigenvalue weighted by Gasteiger charge is -2.33. The van der Waals surface area contributed by atoms with Crippen LogP contribution in [-0.2, 0) is 22.6 Å². The molecule has 3 aromatic rings. The number of ether oxygens (including phenoxy) is 1. The fourth-order valence-corrected chi connectivity index (χ4v) is 4.25. The van der Waals surface area contributed by atoms with Crippen molar-refractivity contribution in [2.24, 2.45) is 10.9 Å². The maximum Gasteiger partial charge on any atom is 0.308 e. The second-order valence-electron chi connectivity index (χ2n) is 8.13. The van der Waals surface area contributed by atoms with Crippen molar-refractivity contribution in [3.05, 3.63) is 72.3 Å². The van der Waals surface area contributed by atoms with Crippen LogP contribution in [0.15, 0.2) is 66.2 Å². The lowest BCUT2D eigenvalue weighted by Crippen LogP contribution is -2.46. The van der Waals surface area contributed by atoms with Gasteiger partial charge in [0, 0.05) is 26.7 Å². The van der Waals surface area contributed by atoms with E-state index >= 15 is 0 Å². The zero-order valence-electron chi connectivity index (χ0n) is 19.1. The quantitative estimate of drug-likeness (QED) is 0.356. The predicted octanol–water partition coefficient (Wildman–Crippen LogP) is 2.95. The van der Waals surface area contributed by atoms with Gasteiger partial charge in [0.1, 0.15) is 12.7 Å². The highest BCUT2D eigenvalue weighted by Crippen LogP contribution is 2.25. The van der Waals surface area contributed by atoms with Gasteiger partial charge in [-0.05, 0) is 35.1 Å². The van der Waals surface area contributed by atoms with Crippen molar-refractivity contribution >= 4 is 11.9 Å². The smallest absolute Gasteiger partial charge is 0.308 e. The molecule has 1 aliphatic heterocycles. The topological polar surface area (TPSA) is 84.6 Å². The first-order valence-electron chi connectivity index (χ1n) is 11.2. The van der Waals surface area contributed by atoms with Gasteiger partial charge in [0.15, 0.2) is 5.96 Å². The molecule has 1 fully saturated rings. The van der Waals surface area contributed by atoms with Crippen molar-refractivity contribution in [3.8, 4) is 11.1 Å². The Kier molecular flexibility index (Phi) is 7.34. The first kappa shape index (κ1) is 22.5. The first-order chi connectivity index (χ1) is 16.2. The van der Waals surface area contributed by atoms with Crippen LogP contribution in [-0.4, -0.2) is 58.8 Å². The molecule has 0 spiro atoms. The summed E-state index contributed by atoms with van der Waals surface area (Å²) >= 11 is 0. The summed E-state index contributed by atoms with van der Waals surface area (Å²) in [7, 11) is 3.26. The van der Waals surface area contributed by atoms with Crippen LogP contribution in [0.25, 0.3) is 11.1 Å². The zero-order valence-corrected chi connectivity index (χ0v) is 19.1. The molecule has 0 saturated carbocycles. The number of hydrogen-bond acceptors (Lipinski definition) is 5. The number of carbonyl (C=O) groups is 1. The van der Waals surface area contributed by atoms with Crippen LogP contribution in [0.3, 0.4) is 0 Å². The molecular formula is C25H30N6O2. The van der Waals surface area contributed by atoms with Crippen molar-refractivity contribution in [2.75, 3.05) is 27.2 Å². The number of methoxy groups -OCH3 is 1. The van der Waals surface area contributed by atoms with E-state index in [9.17, 15) is 4.79 Å². The van der Waals surface area contributed by atoms with Gasteiger partial charge in [-0.25, -0.2) is 9.67 Å². The highest BCUT2D eigenvalue weighted by atomic mass is 16.5. The van der Waals surface area contributed by atoms with E-state index in [1.807, 2.05) is 4.68 Å². The Morgan fingerprint density at radius 2 is 1.91 bits per heavy atom. The number of nitrogens with zero attached hydrogens (tertiary/aromatic N) is 5. The molecule has 0 radical (unpaired) electrons. The fraction of sp³-hybridized carbons (Fsp3) is 0.360. The molecule has 0 unspecified atom stereocenters. The minimum absolute atomic E-state index is 0.0161. The van der Waals surface area contributed by atoms with E-state index < -0.39 is 0 Å². The Labute approximate surface area is 194 Å². The summed E-state index contributed by atoms with van der Waals surface area (Å²) in [5, 5.41) is 7.68. The van der Waals surface area contributed by atoms with Gasteiger partial charge in [0.2, 0.25) is 0 Å².